The number of nitrogens with zero attached hydrogens (tertiary/aromatic N) is 1. The van der Waals surface area contributed by atoms with Crippen molar-refractivity contribution in [2.75, 3.05) is 0 Å². The van der Waals surface area contributed by atoms with Crippen molar-refractivity contribution in [2.24, 2.45) is 0 Å². The number of hydrogen-bond donors (Lipinski definition) is 0. The van der Waals surface area contributed by atoms with E-state index in [0.717, 1.165) is 5.56 Å². The van der Waals surface area contributed by atoms with Crippen molar-refractivity contribution in [3.63, 3.8) is 0 Å². The van der Waals surface area contributed by atoms with Crippen LogP contribution in [0.5, 0.6) is 5.75 Å². The maximum atomic E-state index is 8.60. The molecular formula is C10H9BrClNO. The summed E-state index contributed by atoms with van der Waals surface area (Å²) in [6.45, 7) is 1.70. The van der Waals surface area contributed by atoms with E-state index in [-0.39, 0.29) is 0 Å². The maximum absolute atomic E-state index is 8.60. The number of halogens is 2. The van der Waals surface area contributed by atoms with Gasteiger partial charge in [0, 0.05) is 15.9 Å². The van der Waals surface area contributed by atoms with Gasteiger partial charge >= 0.3 is 0 Å². The van der Waals surface area contributed by atoms with Crippen molar-refractivity contribution in [2.45, 2.75) is 18.4 Å². The van der Waals surface area contributed by atoms with Gasteiger partial charge in [0.05, 0.1) is 0 Å². The summed E-state index contributed by atoms with van der Waals surface area (Å²) in [5.41, 5.74) is 0.944. The normalized spacial score (nSPS) is 11.9. The van der Waals surface area contributed by atoms with Crippen LogP contribution in [0.3, 0.4) is 0 Å². The van der Waals surface area contributed by atoms with Gasteiger partial charge in [-0.1, -0.05) is 27.5 Å². The number of benzene rings is 1. The number of hydrogen-bond acceptors (Lipinski definition) is 2. The third-order valence-electron chi connectivity index (χ3n) is 1.65. The van der Waals surface area contributed by atoms with E-state index in [0.29, 0.717) is 16.1 Å². The SMILES string of the molecule is CC(C#N)Oc1ccc(Cl)cc1CBr. The minimum absolute atomic E-state index is 0.450. The van der Waals surface area contributed by atoms with Crippen LogP contribution in [0.4, 0.5) is 0 Å². The lowest BCUT2D eigenvalue weighted by molar-refractivity contribution is 0.274. The highest BCUT2D eigenvalue weighted by atomic mass is 79.9. The summed E-state index contributed by atoms with van der Waals surface area (Å²) >= 11 is 9.16. The zero-order chi connectivity index (χ0) is 10.6. The average Bonchev–Trinajstić information content (AvgIpc) is 2.20. The third kappa shape index (κ3) is 2.90. The van der Waals surface area contributed by atoms with Crippen molar-refractivity contribution in [3.8, 4) is 11.8 Å². The van der Waals surface area contributed by atoms with Gasteiger partial charge in [-0.25, -0.2) is 0 Å². The predicted octanol–water partition coefficient (Wildman–Crippen LogP) is 3.53. The van der Waals surface area contributed by atoms with Gasteiger partial charge < -0.3 is 4.74 Å². The van der Waals surface area contributed by atoms with Gasteiger partial charge in [0.15, 0.2) is 6.10 Å². The van der Waals surface area contributed by atoms with Crippen LogP contribution in [-0.2, 0) is 5.33 Å². The van der Waals surface area contributed by atoms with Crippen LogP contribution in [0.25, 0.3) is 0 Å². The molecule has 1 rings (SSSR count). The van der Waals surface area contributed by atoms with Gasteiger partial charge in [-0.05, 0) is 25.1 Å². The Labute approximate surface area is 96.6 Å². The van der Waals surface area contributed by atoms with Crippen molar-refractivity contribution < 1.29 is 4.74 Å². The molecule has 0 saturated heterocycles. The fraction of sp³-hybridized carbons (Fsp3) is 0.300. The van der Waals surface area contributed by atoms with E-state index in [1.54, 1.807) is 19.1 Å². The molecule has 0 amide bonds. The van der Waals surface area contributed by atoms with Crippen LogP contribution in [-0.4, -0.2) is 6.10 Å². The van der Waals surface area contributed by atoms with Gasteiger partial charge in [0.25, 0.3) is 0 Å². The maximum Gasteiger partial charge on any atom is 0.181 e. The second kappa shape index (κ2) is 5.23. The molecular weight excluding hydrogens is 265 g/mol. The molecule has 0 N–H and O–H groups in total. The van der Waals surface area contributed by atoms with E-state index < -0.39 is 6.10 Å². The van der Waals surface area contributed by atoms with E-state index in [1.165, 1.54) is 0 Å². The first-order valence-electron chi connectivity index (χ1n) is 4.08. The fourth-order valence-electron chi connectivity index (χ4n) is 0.984. The van der Waals surface area contributed by atoms with E-state index >= 15 is 0 Å². The monoisotopic (exact) mass is 273 g/mol. The molecule has 0 radical (unpaired) electrons. The largest absolute Gasteiger partial charge is 0.476 e. The molecule has 0 aromatic heterocycles. The Balaban J connectivity index is 2.92. The second-order valence-electron chi connectivity index (χ2n) is 2.77. The molecule has 1 aromatic rings. The minimum atomic E-state index is -0.450. The molecule has 0 spiro atoms. The zero-order valence-electron chi connectivity index (χ0n) is 7.63. The molecule has 0 aliphatic rings. The molecule has 2 nitrogen and oxygen atoms in total. The highest BCUT2D eigenvalue weighted by molar-refractivity contribution is 9.08. The Bertz CT molecular complexity index is 362. The van der Waals surface area contributed by atoms with Gasteiger partial charge in [-0.3, -0.25) is 0 Å². The molecule has 74 valence electrons. The summed E-state index contributed by atoms with van der Waals surface area (Å²) in [6.07, 6.45) is -0.450. The smallest absolute Gasteiger partial charge is 0.181 e. The second-order valence-corrected chi connectivity index (χ2v) is 3.77. The summed E-state index contributed by atoms with van der Waals surface area (Å²) in [5, 5.41) is 9.92. The van der Waals surface area contributed by atoms with Gasteiger partial charge in [-0.2, -0.15) is 5.26 Å². The average molecular weight is 275 g/mol. The van der Waals surface area contributed by atoms with E-state index in [9.17, 15) is 0 Å². The Kier molecular flexibility index (Phi) is 4.24. The molecule has 1 unspecified atom stereocenters. The molecule has 1 aromatic carbocycles. The van der Waals surface area contributed by atoms with Crippen molar-refractivity contribution in [1.29, 1.82) is 5.26 Å². The lowest BCUT2D eigenvalue weighted by Crippen LogP contribution is -2.09. The van der Waals surface area contributed by atoms with Crippen LogP contribution >= 0.6 is 27.5 Å². The highest BCUT2D eigenvalue weighted by Gasteiger charge is 2.07. The van der Waals surface area contributed by atoms with Crippen LogP contribution in [0, 0.1) is 11.3 Å². The van der Waals surface area contributed by atoms with Crippen LogP contribution < -0.4 is 4.74 Å². The first kappa shape index (κ1) is 11.4. The Morgan fingerprint density at radius 2 is 2.36 bits per heavy atom. The van der Waals surface area contributed by atoms with Crippen LogP contribution in [0.1, 0.15) is 12.5 Å². The first-order chi connectivity index (χ1) is 6.67. The minimum Gasteiger partial charge on any atom is -0.476 e. The number of nitriles is 1. The molecule has 0 bridgehead atoms. The topological polar surface area (TPSA) is 33.0 Å². The van der Waals surface area contributed by atoms with E-state index in [2.05, 4.69) is 15.9 Å². The Hall–Kier alpha value is -0.720. The Morgan fingerprint density at radius 1 is 1.64 bits per heavy atom. The first-order valence-corrected chi connectivity index (χ1v) is 5.58. The molecule has 0 aliphatic carbocycles. The van der Waals surface area contributed by atoms with Gasteiger partial charge in [-0.15, -0.1) is 0 Å². The van der Waals surface area contributed by atoms with Crippen LogP contribution in [0.15, 0.2) is 18.2 Å². The van der Waals surface area contributed by atoms with Crippen molar-refractivity contribution in [1.82, 2.24) is 0 Å². The highest BCUT2D eigenvalue weighted by Crippen LogP contribution is 2.25. The van der Waals surface area contributed by atoms with E-state index in [1.807, 2.05) is 12.1 Å². The summed E-state index contributed by atoms with van der Waals surface area (Å²) in [5.74, 6) is 0.695. The van der Waals surface area contributed by atoms with E-state index in [4.69, 9.17) is 21.6 Å². The van der Waals surface area contributed by atoms with Gasteiger partial charge in [0.1, 0.15) is 11.8 Å². The molecule has 14 heavy (non-hydrogen) atoms. The predicted molar refractivity (Wildman–Crippen MR) is 59.8 cm³/mol. The molecule has 0 fully saturated rings. The van der Waals surface area contributed by atoms with Crippen molar-refractivity contribution in [3.05, 3.63) is 28.8 Å². The molecule has 0 saturated carbocycles. The fourth-order valence-corrected chi connectivity index (χ4v) is 1.62. The number of ether oxygens (including phenoxy) is 1. The van der Waals surface area contributed by atoms with Gasteiger partial charge in [0.2, 0.25) is 0 Å². The Morgan fingerprint density at radius 3 is 2.93 bits per heavy atom. The molecule has 0 aliphatic heterocycles. The zero-order valence-corrected chi connectivity index (χ0v) is 9.97. The lowest BCUT2D eigenvalue weighted by Gasteiger charge is -2.11. The quantitative estimate of drug-likeness (QED) is 0.790. The lowest BCUT2D eigenvalue weighted by atomic mass is 10.2. The summed E-state index contributed by atoms with van der Waals surface area (Å²) in [7, 11) is 0. The number of alkyl halides is 1. The number of rotatable bonds is 3. The molecule has 0 heterocycles. The summed E-state index contributed by atoms with van der Waals surface area (Å²) in [6, 6.07) is 7.34. The van der Waals surface area contributed by atoms with Crippen molar-refractivity contribution >= 4 is 27.5 Å². The standard InChI is InChI=1S/C10H9BrClNO/c1-7(6-13)14-10-3-2-9(12)4-8(10)5-11/h2-4,7H,5H2,1H3. The summed E-state index contributed by atoms with van der Waals surface area (Å²) < 4.78 is 5.39. The molecule has 4 heteroatoms. The van der Waals surface area contributed by atoms with Crippen LogP contribution in [0.2, 0.25) is 5.02 Å². The molecule has 1 atom stereocenters. The summed E-state index contributed by atoms with van der Waals surface area (Å²) in [4.78, 5) is 0. The third-order valence-corrected chi connectivity index (χ3v) is 2.49.